The van der Waals surface area contributed by atoms with Crippen LogP contribution < -0.4 is 10.6 Å². The molecule has 0 spiro atoms. The summed E-state index contributed by atoms with van der Waals surface area (Å²) in [5.41, 5.74) is 6.08. The van der Waals surface area contributed by atoms with Gasteiger partial charge in [-0.2, -0.15) is 5.26 Å². The summed E-state index contributed by atoms with van der Waals surface area (Å²) in [4.78, 5) is 4.50. The van der Waals surface area contributed by atoms with Crippen molar-refractivity contribution in [2.24, 2.45) is 4.99 Å². The van der Waals surface area contributed by atoms with Gasteiger partial charge in [0, 0.05) is 17.6 Å². The van der Waals surface area contributed by atoms with Crippen molar-refractivity contribution in [1.29, 1.82) is 5.26 Å². The second-order valence-corrected chi connectivity index (χ2v) is 6.89. The predicted octanol–water partition coefficient (Wildman–Crippen LogP) is 5.63. The Kier molecular flexibility index (Phi) is 7.00. The van der Waals surface area contributed by atoms with Gasteiger partial charge in [-0.15, -0.1) is 0 Å². The fourth-order valence-electron chi connectivity index (χ4n) is 2.62. The number of rotatable bonds is 6. The molecule has 0 radical (unpaired) electrons. The van der Waals surface area contributed by atoms with E-state index in [9.17, 15) is 5.11 Å². The van der Waals surface area contributed by atoms with Crippen LogP contribution in [0.3, 0.4) is 0 Å². The number of hydrogen-bond donors (Lipinski definition) is 3. The fourth-order valence-corrected chi connectivity index (χ4v) is 2.62. The molecule has 2 aromatic rings. The molecule has 0 fully saturated rings. The van der Waals surface area contributed by atoms with Crippen LogP contribution in [-0.4, -0.2) is 11.3 Å². The van der Waals surface area contributed by atoms with Crippen LogP contribution in [0.4, 0.5) is 11.4 Å². The molecule has 0 aliphatic carbocycles. The lowest BCUT2D eigenvalue weighted by molar-refractivity contribution is 0.477. The van der Waals surface area contributed by atoms with Crippen molar-refractivity contribution in [2.45, 2.75) is 34.6 Å². The van der Waals surface area contributed by atoms with E-state index in [0.29, 0.717) is 11.3 Å². The van der Waals surface area contributed by atoms with Gasteiger partial charge in [0.1, 0.15) is 11.6 Å². The molecule has 144 valence electrons. The standard InChI is InChI=1S/C23H26N4O/c1-15(2)23(27-20-8-6-19(14-24)7-9-20)25-11-10-18(5)26-22-17(4)12-16(3)13-21(22)28/h6-13,26-28H,1-5H3/b18-10+,25-11-. The number of nitrogens with one attached hydrogen (secondary N) is 2. The maximum absolute atomic E-state index is 10.1. The van der Waals surface area contributed by atoms with Gasteiger partial charge >= 0.3 is 0 Å². The van der Waals surface area contributed by atoms with Crippen molar-refractivity contribution < 1.29 is 5.11 Å². The summed E-state index contributed by atoms with van der Waals surface area (Å²) < 4.78 is 0. The third-order valence-corrected chi connectivity index (χ3v) is 4.06. The van der Waals surface area contributed by atoms with E-state index in [-0.39, 0.29) is 5.75 Å². The van der Waals surface area contributed by atoms with E-state index in [4.69, 9.17) is 5.26 Å². The van der Waals surface area contributed by atoms with Crippen molar-refractivity contribution in [1.82, 2.24) is 0 Å². The quantitative estimate of drug-likeness (QED) is 0.452. The normalized spacial score (nSPS) is 11.2. The number of aromatic hydroxyl groups is 1. The zero-order chi connectivity index (χ0) is 20.7. The number of aliphatic imine (C=N–C) groups is 1. The largest absolute Gasteiger partial charge is 0.506 e. The van der Waals surface area contributed by atoms with Crippen molar-refractivity contribution in [3.63, 3.8) is 0 Å². The Bertz CT molecular complexity index is 950. The Morgan fingerprint density at radius 3 is 2.32 bits per heavy atom. The molecule has 28 heavy (non-hydrogen) atoms. The highest BCUT2D eigenvalue weighted by Crippen LogP contribution is 2.29. The first-order valence-corrected chi connectivity index (χ1v) is 9.03. The lowest BCUT2D eigenvalue weighted by atomic mass is 10.1. The van der Waals surface area contributed by atoms with Gasteiger partial charge in [-0.3, -0.25) is 0 Å². The highest BCUT2D eigenvalue weighted by Gasteiger charge is 2.06. The maximum atomic E-state index is 10.1. The van der Waals surface area contributed by atoms with Gasteiger partial charge in [0.2, 0.25) is 0 Å². The van der Waals surface area contributed by atoms with Gasteiger partial charge in [-0.25, -0.2) is 4.99 Å². The molecule has 0 unspecified atom stereocenters. The molecule has 0 aromatic heterocycles. The molecule has 0 aliphatic heterocycles. The lowest BCUT2D eigenvalue weighted by Crippen LogP contribution is -2.01. The minimum Gasteiger partial charge on any atom is -0.506 e. The molecule has 2 rings (SSSR count). The molecule has 0 amide bonds. The second kappa shape index (κ2) is 9.43. The summed E-state index contributed by atoms with van der Waals surface area (Å²) in [6.45, 7) is 9.78. The fraction of sp³-hybridized carbons (Fsp3) is 0.217. The molecule has 0 aliphatic rings. The van der Waals surface area contributed by atoms with Crippen molar-refractivity contribution in [3.05, 3.63) is 76.3 Å². The molecule has 0 heterocycles. The minimum atomic E-state index is 0.231. The minimum absolute atomic E-state index is 0.231. The van der Waals surface area contributed by atoms with Crippen molar-refractivity contribution >= 4 is 17.6 Å². The number of benzene rings is 2. The van der Waals surface area contributed by atoms with Crippen molar-refractivity contribution in [2.75, 3.05) is 10.6 Å². The molecule has 0 atom stereocenters. The average molecular weight is 374 g/mol. The van der Waals surface area contributed by atoms with E-state index >= 15 is 0 Å². The summed E-state index contributed by atoms with van der Waals surface area (Å²) in [6.07, 6.45) is 3.56. The van der Waals surface area contributed by atoms with Crippen molar-refractivity contribution in [3.8, 4) is 11.8 Å². The molecule has 0 saturated carbocycles. The molecular weight excluding hydrogens is 348 g/mol. The number of nitrogens with zero attached hydrogens (tertiary/aromatic N) is 2. The maximum Gasteiger partial charge on any atom is 0.139 e. The van der Waals surface area contributed by atoms with E-state index in [1.807, 2.05) is 58.9 Å². The molecular formula is C23H26N4O. The number of anilines is 2. The van der Waals surface area contributed by atoms with Gasteiger partial charge < -0.3 is 15.7 Å². The topological polar surface area (TPSA) is 80.4 Å². The monoisotopic (exact) mass is 374 g/mol. The Labute approximate surface area is 166 Å². The van der Waals surface area contributed by atoms with Gasteiger partial charge in [-0.1, -0.05) is 6.07 Å². The summed E-state index contributed by atoms with van der Waals surface area (Å²) in [5, 5.41) is 25.5. The third-order valence-electron chi connectivity index (χ3n) is 4.06. The van der Waals surface area contributed by atoms with Crippen LogP contribution in [0.5, 0.6) is 5.75 Å². The van der Waals surface area contributed by atoms with Crippen LogP contribution in [-0.2, 0) is 0 Å². The molecule has 3 N–H and O–H groups in total. The van der Waals surface area contributed by atoms with Gasteiger partial charge in [0.15, 0.2) is 0 Å². The smallest absolute Gasteiger partial charge is 0.139 e. The van der Waals surface area contributed by atoms with E-state index in [0.717, 1.165) is 33.9 Å². The van der Waals surface area contributed by atoms with Gasteiger partial charge in [0.05, 0.1) is 17.3 Å². The van der Waals surface area contributed by atoms with E-state index in [1.165, 1.54) is 0 Å². The molecule has 5 heteroatoms. The van der Waals surface area contributed by atoms with E-state index < -0.39 is 0 Å². The first kappa shape index (κ1) is 20.8. The number of allylic oxidation sites excluding steroid dienone is 3. The second-order valence-electron chi connectivity index (χ2n) is 6.89. The van der Waals surface area contributed by atoms with E-state index in [2.05, 4.69) is 21.7 Å². The van der Waals surface area contributed by atoms with Crippen LogP contribution in [0.1, 0.15) is 37.5 Å². The Morgan fingerprint density at radius 1 is 1.07 bits per heavy atom. The molecule has 0 saturated heterocycles. The highest BCUT2D eigenvalue weighted by atomic mass is 16.3. The van der Waals surface area contributed by atoms with Crippen LogP contribution in [0.15, 0.2) is 64.6 Å². The summed E-state index contributed by atoms with van der Waals surface area (Å²) in [6, 6.07) is 13.1. The number of phenolic OH excluding ortho intramolecular Hbond substituents is 1. The summed E-state index contributed by atoms with van der Waals surface area (Å²) in [5.74, 6) is 0.970. The summed E-state index contributed by atoms with van der Waals surface area (Å²) >= 11 is 0. The molecule has 2 aromatic carbocycles. The molecule has 5 nitrogen and oxygen atoms in total. The zero-order valence-electron chi connectivity index (χ0n) is 17.0. The highest BCUT2D eigenvalue weighted by molar-refractivity contribution is 5.76. The third kappa shape index (κ3) is 5.75. The van der Waals surface area contributed by atoms with Gasteiger partial charge in [0.25, 0.3) is 0 Å². The number of phenols is 1. The lowest BCUT2D eigenvalue weighted by Gasteiger charge is -2.12. The van der Waals surface area contributed by atoms with E-state index in [1.54, 1.807) is 24.4 Å². The molecule has 0 bridgehead atoms. The van der Waals surface area contributed by atoms with Crippen LogP contribution >= 0.6 is 0 Å². The number of nitriles is 1. The van der Waals surface area contributed by atoms with Crippen LogP contribution in [0.25, 0.3) is 0 Å². The SMILES string of the molecule is CC(C)=C(/N=C\C=C(/C)Nc1c(C)cc(C)cc1O)Nc1ccc(C#N)cc1. The number of aryl methyl sites for hydroxylation is 2. The van der Waals surface area contributed by atoms with Crippen LogP contribution in [0.2, 0.25) is 0 Å². The Morgan fingerprint density at radius 2 is 1.75 bits per heavy atom. The first-order valence-electron chi connectivity index (χ1n) is 9.03. The van der Waals surface area contributed by atoms with Gasteiger partial charge in [-0.05, 0) is 87.7 Å². The average Bonchev–Trinajstić information content (AvgIpc) is 2.64. The summed E-state index contributed by atoms with van der Waals surface area (Å²) in [7, 11) is 0. The Balaban J connectivity index is 2.11. The zero-order valence-corrected chi connectivity index (χ0v) is 17.0. The first-order chi connectivity index (χ1) is 13.3. The van der Waals surface area contributed by atoms with Crippen LogP contribution in [0, 0.1) is 25.2 Å². The predicted molar refractivity (Wildman–Crippen MR) is 117 cm³/mol. The Hall–Kier alpha value is -3.52. The number of hydrogen-bond acceptors (Lipinski definition) is 5.